The Labute approximate surface area is 86.8 Å². The summed E-state index contributed by atoms with van der Waals surface area (Å²) in [6.45, 7) is 3.38. The van der Waals surface area contributed by atoms with Gasteiger partial charge in [-0.25, -0.2) is 0 Å². The van der Waals surface area contributed by atoms with Gasteiger partial charge in [-0.05, 0) is 12.1 Å². The molecule has 1 aromatic carbocycles. The highest BCUT2D eigenvalue weighted by Crippen LogP contribution is 2.04. The van der Waals surface area contributed by atoms with E-state index < -0.39 is 0 Å². The van der Waals surface area contributed by atoms with E-state index in [9.17, 15) is 9.59 Å². The normalized spacial score (nSPS) is 10.1. The van der Waals surface area contributed by atoms with E-state index in [0.717, 1.165) is 21.0 Å². The van der Waals surface area contributed by atoms with Crippen LogP contribution in [-0.4, -0.2) is 21.8 Å². The maximum Gasteiger partial charge on any atom is 0.162 e. The molecule has 0 aliphatic heterocycles. The molecule has 0 aliphatic rings. The Balaban J connectivity index is 3.27. The van der Waals surface area contributed by atoms with Crippen LogP contribution in [0.1, 0.15) is 41.0 Å². The predicted molar refractivity (Wildman–Crippen MR) is 60.6 cm³/mol. The summed E-state index contributed by atoms with van der Waals surface area (Å²) in [6.07, 6.45) is 0.497. The number of benzene rings is 1. The highest BCUT2D eigenvalue weighted by molar-refractivity contribution is 6.40. The zero-order valence-electron chi connectivity index (χ0n) is 8.76. The van der Waals surface area contributed by atoms with E-state index in [1.807, 2.05) is 6.92 Å². The summed E-state index contributed by atoms with van der Waals surface area (Å²) < 4.78 is 0. The lowest BCUT2D eigenvalue weighted by Gasteiger charge is -2.07. The van der Waals surface area contributed by atoms with Crippen molar-refractivity contribution in [3.8, 4) is 0 Å². The number of rotatable bonds is 3. The Bertz CT molecular complexity index is 383. The van der Waals surface area contributed by atoms with Crippen LogP contribution in [0.4, 0.5) is 0 Å². The SMILES string of the molecule is CCC(=O)c1cccc(C(C)=O)c1[SiH3]. The first-order chi connectivity index (χ1) is 6.57. The fourth-order valence-electron chi connectivity index (χ4n) is 1.51. The minimum Gasteiger partial charge on any atom is -0.295 e. The van der Waals surface area contributed by atoms with Gasteiger partial charge in [0.05, 0.1) is 0 Å². The van der Waals surface area contributed by atoms with Crippen LogP contribution >= 0.6 is 0 Å². The fraction of sp³-hybridized carbons (Fsp3) is 0.273. The monoisotopic (exact) mass is 206 g/mol. The summed E-state index contributed by atoms with van der Waals surface area (Å²) in [5.41, 5.74) is 1.43. The third-order valence-corrected chi connectivity index (χ3v) is 3.41. The standard InChI is InChI=1S/C11H14O2Si/c1-3-10(13)9-6-4-5-8(7(2)12)11(9)14/h4-6H,3H2,1-2,14H3. The van der Waals surface area contributed by atoms with Gasteiger partial charge < -0.3 is 0 Å². The Hall–Kier alpha value is -1.22. The second-order valence-electron chi connectivity index (χ2n) is 3.31. The van der Waals surface area contributed by atoms with Gasteiger partial charge in [-0.3, -0.25) is 9.59 Å². The highest BCUT2D eigenvalue weighted by Gasteiger charge is 2.11. The zero-order chi connectivity index (χ0) is 10.7. The van der Waals surface area contributed by atoms with Crippen molar-refractivity contribution in [1.82, 2.24) is 0 Å². The van der Waals surface area contributed by atoms with Crippen LogP contribution in [0, 0.1) is 0 Å². The molecule has 0 radical (unpaired) electrons. The summed E-state index contributed by atoms with van der Waals surface area (Å²) >= 11 is 0. The van der Waals surface area contributed by atoms with Crippen LogP contribution in [0.5, 0.6) is 0 Å². The van der Waals surface area contributed by atoms with Crippen molar-refractivity contribution in [3.05, 3.63) is 29.3 Å². The van der Waals surface area contributed by atoms with Gasteiger partial charge in [-0.2, -0.15) is 0 Å². The minimum absolute atomic E-state index is 0.0424. The Morgan fingerprint density at radius 2 is 1.86 bits per heavy atom. The van der Waals surface area contributed by atoms with E-state index in [1.54, 1.807) is 18.2 Å². The van der Waals surface area contributed by atoms with E-state index in [-0.39, 0.29) is 11.6 Å². The van der Waals surface area contributed by atoms with Crippen LogP contribution in [0.25, 0.3) is 0 Å². The van der Waals surface area contributed by atoms with Gasteiger partial charge in [-0.1, -0.05) is 25.1 Å². The van der Waals surface area contributed by atoms with Crippen molar-refractivity contribution in [2.24, 2.45) is 0 Å². The Morgan fingerprint density at radius 1 is 1.29 bits per heavy atom. The molecule has 0 spiro atoms. The van der Waals surface area contributed by atoms with Crippen molar-refractivity contribution >= 4 is 27.0 Å². The average molecular weight is 206 g/mol. The van der Waals surface area contributed by atoms with E-state index in [2.05, 4.69) is 0 Å². The minimum atomic E-state index is 0.0424. The lowest BCUT2D eigenvalue weighted by Crippen LogP contribution is -2.21. The summed E-state index contributed by atoms with van der Waals surface area (Å²) in [5, 5.41) is 0.937. The first-order valence-corrected chi connectivity index (χ1v) is 5.71. The number of hydrogen-bond donors (Lipinski definition) is 0. The molecule has 0 saturated carbocycles. The number of Topliss-reactive ketones (excluding diaryl/α,β-unsaturated/α-hetero) is 2. The maximum absolute atomic E-state index is 11.5. The van der Waals surface area contributed by atoms with E-state index in [0.29, 0.717) is 12.0 Å². The van der Waals surface area contributed by atoms with E-state index in [1.165, 1.54) is 6.92 Å². The Morgan fingerprint density at radius 3 is 2.36 bits per heavy atom. The van der Waals surface area contributed by atoms with Crippen molar-refractivity contribution in [2.45, 2.75) is 20.3 Å². The van der Waals surface area contributed by atoms with Crippen LogP contribution in [0.2, 0.25) is 0 Å². The van der Waals surface area contributed by atoms with Gasteiger partial charge in [0.2, 0.25) is 0 Å². The Kier molecular flexibility index (Phi) is 3.36. The summed E-state index contributed by atoms with van der Waals surface area (Å²) in [6, 6.07) is 5.37. The molecule has 2 nitrogen and oxygen atoms in total. The molecular formula is C11H14O2Si. The average Bonchev–Trinajstić information content (AvgIpc) is 2.16. The largest absolute Gasteiger partial charge is 0.295 e. The van der Waals surface area contributed by atoms with Gasteiger partial charge in [-0.15, -0.1) is 0 Å². The molecule has 0 atom stereocenters. The van der Waals surface area contributed by atoms with Crippen LogP contribution in [-0.2, 0) is 0 Å². The molecule has 1 aromatic rings. The van der Waals surface area contributed by atoms with Gasteiger partial charge >= 0.3 is 0 Å². The summed E-state index contributed by atoms with van der Waals surface area (Å²) in [4.78, 5) is 22.8. The van der Waals surface area contributed by atoms with E-state index in [4.69, 9.17) is 0 Å². The van der Waals surface area contributed by atoms with Crippen LogP contribution in [0.3, 0.4) is 0 Å². The second kappa shape index (κ2) is 4.33. The van der Waals surface area contributed by atoms with Gasteiger partial charge in [0, 0.05) is 27.8 Å². The molecule has 0 amide bonds. The summed E-state index contributed by atoms with van der Waals surface area (Å²) in [5.74, 6) is 0.166. The molecule has 1 rings (SSSR count). The van der Waals surface area contributed by atoms with Gasteiger partial charge in [0.15, 0.2) is 11.6 Å². The number of hydrogen-bond acceptors (Lipinski definition) is 2. The fourth-order valence-corrected chi connectivity index (χ4v) is 2.47. The van der Waals surface area contributed by atoms with Crippen molar-refractivity contribution in [2.75, 3.05) is 0 Å². The number of ketones is 2. The smallest absolute Gasteiger partial charge is 0.162 e. The quantitative estimate of drug-likeness (QED) is 0.532. The molecular weight excluding hydrogens is 192 g/mol. The molecule has 0 fully saturated rings. The maximum atomic E-state index is 11.5. The van der Waals surface area contributed by atoms with Crippen molar-refractivity contribution < 1.29 is 9.59 Å². The topological polar surface area (TPSA) is 34.1 Å². The number of carbonyl (C=O) groups is 2. The van der Waals surface area contributed by atoms with Gasteiger partial charge in [0.1, 0.15) is 0 Å². The molecule has 0 N–H and O–H groups in total. The van der Waals surface area contributed by atoms with E-state index >= 15 is 0 Å². The number of carbonyl (C=O) groups excluding carboxylic acids is 2. The highest BCUT2D eigenvalue weighted by atomic mass is 28.1. The zero-order valence-corrected chi connectivity index (χ0v) is 10.8. The first kappa shape index (κ1) is 10.9. The molecule has 0 aliphatic carbocycles. The predicted octanol–water partition coefficient (Wildman–Crippen LogP) is 0.473. The van der Waals surface area contributed by atoms with Crippen LogP contribution in [0.15, 0.2) is 18.2 Å². The van der Waals surface area contributed by atoms with Gasteiger partial charge in [0.25, 0.3) is 0 Å². The lowest BCUT2D eigenvalue weighted by molar-refractivity contribution is 0.0989. The molecule has 14 heavy (non-hydrogen) atoms. The molecule has 3 heteroatoms. The summed E-state index contributed by atoms with van der Waals surface area (Å²) in [7, 11) is 0.736. The molecule has 0 aromatic heterocycles. The van der Waals surface area contributed by atoms with Crippen molar-refractivity contribution in [3.63, 3.8) is 0 Å². The second-order valence-corrected chi connectivity index (χ2v) is 4.31. The lowest BCUT2D eigenvalue weighted by atomic mass is 10.0. The third kappa shape index (κ3) is 1.99. The third-order valence-electron chi connectivity index (χ3n) is 2.33. The molecule has 0 saturated heterocycles. The molecule has 0 bridgehead atoms. The molecule has 0 heterocycles. The molecule has 0 unspecified atom stereocenters. The van der Waals surface area contributed by atoms with Crippen LogP contribution < -0.4 is 5.19 Å². The van der Waals surface area contributed by atoms with Crippen molar-refractivity contribution in [1.29, 1.82) is 0 Å². The molecule has 74 valence electrons. The first-order valence-electron chi connectivity index (χ1n) is 4.71.